The highest BCUT2D eigenvalue weighted by Crippen LogP contribution is 2.37. The minimum atomic E-state index is -1.44. The van der Waals surface area contributed by atoms with Gasteiger partial charge in [0.1, 0.15) is 36.5 Å². The molecule has 324 valence electrons. The zero-order valence-electron chi connectivity index (χ0n) is 33.8. The van der Waals surface area contributed by atoms with Gasteiger partial charge in [-0.25, -0.2) is 14.4 Å². The van der Waals surface area contributed by atoms with Crippen molar-refractivity contribution in [2.75, 3.05) is 0 Å². The van der Waals surface area contributed by atoms with Crippen LogP contribution in [0.5, 0.6) is 17.2 Å². The van der Waals surface area contributed by atoms with Crippen molar-refractivity contribution >= 4 is 35.0 Å². The lowest BCUT2D eigenvalue weighted by atomic mass is 10.1. The summed E-state index contributed by atoms with van der Waals surface area (Å²) in [6.45, 7) is 5.11. The van der Waals surface area contributed by atoms with Gasteiger partial charge in [0.05, 0.1) is 14.8 Å². The van der Waals surface area contributed by atoms with Crippen molar-refractivity contribution in [1.82, 2.24) is 0 Å². The van der Waals surface area contributed by atoms with Crippen LogP contribution < -0.4 is 9.47 Å². The average molecular weight is 862 g/mol. The molecule has 0 amide bonds. The Labute approximate surface area is 358 Å². The second-order valence-electron chi connectivity index (χ2n) is 13.3. The van der Waals surface area contributed by atoms with E-state index in [0.717, 1.165) is 22.8 Å². The molecule has 6 aromatic carbocycles. The topological polar surface area (TPSA) is 269 Å². The molecule has 0 aliphatic heterocycles. The van der Waals surface area contributed by atoms with E-state index in [-0.39, 0.29) is 53.7 Å². The summed E-state index contributed by atoms with van der Waals surface area (Å²) in [5, 5.41) is 60.3. The molecular formula is C45H39N3O15. The number of carboxylic acid groups (broad SMARTS) is 2. The van der Waals surface area contributed by atoms with E-state index in [1.165, 1.54) is 31.2 Å². The standard InChI is InChI=1S/C22H19NO5.C15H13NO5.C8H7NO5/c1-16-12-13-19(22(24)28-15-18-10-6-3-7-11-18)20(23(25)26)21(16)27-14-17-8-4-2-5-9-17;1-10-7-8-12(15(17)18)13(16(19)20)14(10)21-9-11-5-3-2-4-6-11;1-4-2-3-5(8(11)12)6(7(4)10)9(13)14/h2-13H,14-15H2,1H3;2-8H,9H2,1H3,(H,17,18);2-3,10H,1H3,(H,11,12). The molecule has 0 unspecified atom stereocenters. The first-order chi connectivity index (χ1) is 30.0. The number of nitro benzene ring substituents is 3. The molecular weight excluding hydrogens is 823 g/mol. The van der Waals surface area contributed by atoms with Crippen LogP contribution in [0.4, 0.5) is 17.1 Å². The lowest BCUT2D eigenvalue weighted by Gasteiger charge is -2.12. The largest absolute Gasteiger partial charge is 0.502 e. The van der Waals surface area contributed by atoms with Gasteiger partial charge in [0.15, 0.2) is 5.75 Å². The number of carbonyl (C=O) groups is 3. The van der Waals surface area contributed by atoms with Crippen LogP contribution in [0.1, 0.15) is 64.5 Å². The van der Waals surface area contributed by atoms with E-state index >= 15 is 0 Å². The van der Waals surface area contributed by atoms with Crippen LogP contribution in [-0.4, -0.2) is 48.0 Å². The highest BCUT2D eigenvalue weighted by atomic mass is 16.6. The number of carboxylic acids is 2. The van der Waals surface area contributed by atoms with E-state index in [2.05, 4.69) is 0 Å². The Balaban J connectivity index is 0.000000220. The number of esters is 1. The van der Waals surface area contributed by atoms with Crippen molar-refractivity contribution in [3.63, 3.8) is 0 Å². The highest BCUT2D eigenvalue weighted by Gasteiger charge is 2.30. The van der Waals surface area contributed by atoms with E-state index in [4.69, 9.17) is 24.4 Å². The van der Waals surface area contributed by atoms with Crippen molar-refractivity contribution < 1.29 is 58.7 Å². The summed E-state index contributed by atoms with van der Waals surface area (Å²) in [5.74, 6) is -4.10. The van der Waals surface area contributed by atoms with Gasteiger partial charge in [-0.1, -0.05) is 109 Å². The number of benzene rings is 6. The summed E-state index contributed by atoms with van der Waals surface area (Å²) in [6.07, 6.45) is 0. The van der Waals surface area contributed by atoms with Gasteiger partial charge in [0.25, 0.3) is 0 Å². The van der Waals surface area contributed by atoms with E-state index in [0.29, 0.717) is 11.1 Å². The summed E-state index contributed by atoms with van der Waals surface area (Å²) >= 11 is 0. The zero-order valence-corrected chi connectivity index (χ0v) is 33.8. The molecule has 0 aliphatic rings. The van der Waals surface area contributed by atoms with Crippen LogP contribution in [0.25, 0.3) is 0 Å². The summed E-state index contributed by atoms with van der Waals surface area (Å²) in [7, 11) is 0. The zero-order chi connectivity index (χ0) is 46.2. The second kappa shape index (κ2) is 22.1. The molecule has 6 aromatic rings. The number of nitro groups is 3. The smallest absolute Gasteiger partial charge is 0.345 e. The number of aryl methyl sites for hydroxylation is 3. The normalized spacial score (nSPS) is 10.1. The Morgan fingerprint density at radius 1 is 0.476 bits per heavy atom. The van der Waals surface area contributed by atoms with Gasteiger partial charge in [0, 0.05) is 0 Å². The number of nitrogens with zero attached hydrogens (tertiary/aromatic N) is 3. The lowest BCUT2D eigenvalue weighted by molar-refractivity contribution is -0.386. The fraction of sp³-hybridized carbons (Fsp3) is 0.133. The number of phenolic OH excluding ortho intramolecular Hbond substituents is 1. The van der Waals surface area contributed by atoms with E-state index < -0.39 is 55.4 Å². The van der Waals surface area contributed by atoms with Crippen LogP contribution in [0.3, 0.4) is 0 Å². The molecule has 6 rings (SSSR count). The molecule has 3 N–H and O–H groups in total. The molecule has 0 fully saturated rings. The Morgan fingerprint density at radius 2 is 0.810 bits per heavy atom. The minimum Gasteiger partial charge on any atom is -0.502 e. The average Bonchev–Trinajstić information content (AvgIpc) is 3.26. The third-order valence-electron chi connectivity index (χ3n) is 8.90. The van der Waals surface area contributed by atoms with Gasteiger partial charge in [-0.15, -0.1) is 0 Å². The van der Waals surface area contributed by atoms with Crippen molar-refractivity contribution in [3.05, 3.63) is 208 Å². The number of aromatic carboxylic acids is 2. The molecule has 0 aromatic heterocycles. The maximum atomic E-state index is 12.5. The van der Waals surface area contributed by atoms with Gasteiger partial charge in [-0.2, -0.15) is 0 Å². The highest BCUT2D eigenvalue weighted by molar-refractivity contribution is 5.96. The maximum absolute atomic E-state index is 12.5. The Kier molecular flexibility index (Phi) is 16.5. The van der Waals surface area contributed by atoms with Gasteiger partial charge in [0.2, 0.25) is 11.5 Å². The Hall–Kier alpha value is -8.67. The predicted octanol–water partition coefficient (Wildman–Crippen LogP) is 9.33. The van der Waals surface area contributed by atoms with Gasteiger partial charge in [-0.05, 0) is 72.4 Å². The van der Waals surface area contributed by atoms with Crippen LogP contribution in [0, 0.1) is 51.1 Å². The molecule has 0 radical (unpaired) electrons. The lowest BCUT2D eigenvalue weighted by Crippen LogP contribution is -2.10. The van der Waals surface area contributed by atoms with Crippen LogP contribution in [0.2, 0.25) is 0 Å². The number of ether oxygens (including phenoxy) is 3. The van der Waals surface area contributed by atoms with E-state index in [1.54, 1.807) is 19.9 Å². The fourth-order valence-corrected chi connectivity index (χ4v) is 5.71. The number of aromatic hydroxyl groups is 1. The summed E-state index contributed by atoms with van der Waals surface area (Å²) in [4.78, 5) is 65.3. The number of carbonyl (C=O) groups excluding carboxylic acids is 1. The molecule has 0 spiro atoms. The summed E-state index contributed by atoms with van der Waals surface area (Å²) in [5.41, 5.74) is 1.17. The van der Waals surface area contributed by atoms with Gasteiger partial charge < -0.3 is 29.5 Å². The Morgan fingerprint density at radius 3 is 1.19 bits per heavy atom. The second-order valence-corrected chi connectivity index (χ2v) is 13.3. The molecule has 0 heterocycles. The molecule has 0 atom stereocenters. The van der Waals surface area contributed by atoms with Gasteiger partial charge in [-0.3, -0.25) is 30.3 Å². The van der Waals surface area contributed by atoms with E-state index in [1.807, 2.05) is 91.0 Å². The molecule has 18 nitrogen and oxygen atoms in total. The first-order valence-electron chi connectivity index (χ1n) is 18.6. The fourth-order valence-electron chi connectivity index (χ4n) is 5.71. The molecule has 0 saturated carbocycles. The van der Waals surface area contributed by atoms with Crippen LogP contribution in [0.15, 0.2) is 127 Å². The number of hydrogen-bond acceptors (Lipinski definition) is 13. The molecule has 0 aliphatic carbocycles. The maximum Gasteiger partial charge on any atom is 0.345 e. The van der Waals surface area contributed by atoms with Crippen molar-refractivity contribution in [2.24, 2.45) is 0 Å². The molecule has 63 heavy (non-hydrogen) atoms. The predicted molar refractivity (Wildman–Crippen MR) is 226 cm³/mol. The first-order valence-corrected chi connectivity index (χ1v) is 18.6. The Bertz CT molecular complexity index is 2620. The SMILES string of the molecule is Cc1ccc(C(=O)O)c([N+](=O)[O-])c1O.Cc1ccc(C(=O)O)c([N+](=O)[O-])c1OCc1ccccc1.Cc1ccc(C(=O)OCc2ccccc2)c([N+](=O)[O-])c1OCc1ccccc1. The first kappa shape index (κ1) is 47.0. The van der Waals surface area contributed by atoms with Crippen LogP contribution >= 0.6 is 0 Å². The molecule has 0 bridgehead atoms. The quantitative estimate of drug-likeness (QED) is 0.0523. The van der Waals surface area contributed by atoms with Crippen LogP contribution in [-0.2, 0) is 24.6 Å². The monoisotopic (exact) mass is 861 g/mol. The third-order valence-corrected chi connectivity index (χ3v) is 8.90. The third kappa shape index (κ3) is 12.7. The minimum absolute atomic E-state index is 0.0104. The van der Waals surface area contributed by atoms with Crippen molar-refractivity contribution in [1.29, 1.82) is 0 Å². The number of hydrogen-bond donors (Lipinski definition) is 3. The van der Waals surface area contributed by atoms with Gasteiger partial charge >= 0.3 is 35.0 Å². The summed E-state index contributed by atoms with van der Waals surface area (Å²) < 4.78 is 16.5. The molecule has 0 saturated heterocycles. The van der Waals surface area contributed by atoms with Crippen molar-refractivity contribution in [2.45, 2.75) is 40.6 Å². The van der Waals surface area contributed by atoms with Crippen molar-refractivity contribution in [3.8, 4) is 17.2 Å². The molecule has 18 heteroatoms. The number of rotatable bonds is 14. The van der Waals surface area contributed by atoms with E-state index in [9.17, 15) is 49.8 Å². The number of phenols is 1. The summed E-state index contributed by atoms with van der Waals surface area (Å²) in [6, 6.07) is 35.7.